The average molecular weight is 1410 g/mol. The highest BCUT2D eigenvalue weighted by Gasteiger charge is 2.30. The highest BCUT2D eigenvalue weighted by atomic mass is 31.2. The molecule has 0 aliphatic carbocycles. The molecule has 0 spiro atoms. The molecule has 96 heavy (non-hydrogen) atoms. The van der Waals surface area contributed by atoms with E-state index >= 15 is 0 Å². The molecule has 0 bridgehead atoms. The number of phosphoric ester groups is 2. The van der Waals surface area contributed by atoms with Crippen molar-refractivity contribution in [2.45, 2.75) is 408 Å². The van der Waals surface area contributed by atoms with Crippen molar-refractivity contribution in [3.63, 3.8) is 0 Å². The van der Waals surface area contributed by atoms with Crippen molar-refractivity contribution in [1.82, 2.24) is 0 Å². The molecule has 6 unspecified atom stereocenters. The first-order valence-electron chi connectivity index (χ1n) is 39.8. The topological polar surface area (TPSA) is 237 Å². The number of rotatable bonds is 74. The monoisotopic (exact) mass is 1410 g/mol. The van der Waals surface area contributed by atoms with Gasteiger partial charge in [0.15, 0.2) is 12.2 Å². The van der Waals surface area contributed by atoms with Crippen LogP contribution in [-0.4, -0.2) is 96.7 Å². The lowest BCUT2D eigenvalue weighted by molar-refractivity contribution is -0.161. The number of aliphatic hydroxyl groups is 1. The molecule has 570 valence electrons. The minimum Gasteiger partial charge on any atom is -0.462 e. The molecule has 17 nitrogen and oxygen atoms in total. The van der Waals surface area contributed by atoms with Crippen molar-refractivity contribution < 1.29 is 80.2 Å². The number of aliphatic hydroxyl groups excluding tert-OH is 1. The van der Waals surface area contributed by atoms with E-state index in [1.54, 1.807) is 0 Å². The van der Waals surface area contributed by atoms with E-state index in [0.29, 0.717) is 31.6 Å². The molecule has 0 aromatic heterocycles. The SMILES string of the molecule is CCC(C)CCCCCCCCCCCCCCCCCCCCC(=O)O[C@H](COC(=O)CCCCCCCCC(C)CC)COP(=O)(O)OCC(O)COP(=O)(O)OC[C@@H](COC(=O)CCCCCCCCCC(C)C)OC(=O)CCCCCCCCCCCCC(C)CC. The fourth-order valence-electron chi connectivity index (χ4n) is 11.6. The Morgan fingerprint density at radius 1 is 0.292 bits per heavy atom. The summed E-state index contributed by atoms with van der Waals surface area (Å²) in [7, 11) is -9.91. The Labute approximate surface area is 588 Å². The first kappa shape index (κ1) is 94.1. The van der Waals surface area contributed by atoms with Crippen LogP contribution in [0.3, 0.4) is 0 Å². The van der Waals surface area contributed by atoms with Crippen molar-refractivity contribution in [2.75, 3.05) is 39.6 Å². The molecule has 0 saturated carbocycles. The Hall–Kier alpha value is -1.94. The van der Waals surface area contributed by atoms with Gasteiger partial charge in [-0.25, -0.2) is 9.13 Å². The van der Waals surface area contributed by atoms with Gasteiger partial charge < -0.3 is 33.8 Å². The summed E-state index contributed by atoms with van der Waals surface area (Å²) in [6.45, 7) is 14.2. The average Bonchev–Trinajstić information content (AvgIpc) is 3.49. The second-order valence-corrected chi connectivity index (χ2v) is 31.9. The predicted molar refractivity (Wildman–Crippen MR) is 391 cm³/mol. The van der Waals surface area contributed by atoms with Gasteiger partial charge in [0.1, 0.15) is 19.3 Å². The van der Waals surface area contributed by atoms with Gasteiger partial charge in [0.25, 0.3) is 0 Å². The summed E-state index contributed by atoms with van der Waals surface area (Å²) in [5, 5.41) is 10.6. The number of ether oxygens (including phenoxy) is 4. The molecular formula is C77H150O17P2. The van der Waals surface area contributed by atoms with Gasteiger partial charge in [0, 0.05) is 25.7 Å². The summed E-state index contributed by atoms with van der Waals surface area (Å²) in [5.74, 6) is 0.987. The quantitative estimate of drug-likeness (QED) is 0.0222. The highest BCUT2D eigenvalue weighted by molar-refractivity contribution is 7.47. The van der Waals surface area contributed by atoms with Crippen molar-refractivity contribution >= 4 is 39.5 Å². The van der Waals surface area contributed by atoms with Crippen molar-refractivity contribution in [3.05, 3.63) is 0 Å². The van der Waals surface area contributed by atoms with Crippen LogP contribution < -0.4 is 0 Å². The third-order valence-corrected chi connectivity index (χ3v) is 20.8. The molecule has 0 fully saturated rings. The lowest BCUT2D eigenvalue weighted by Crippen LogP contribution is -2.30. The molecular weight excluding hydrogens is 1260 g/mol. The van der Waals surface area contributed by atoms with E-state index < -0.39 is 97.5 Å². The lowest BCUT2D eigenvalue weighted by Gasteiger charge is -2.21. The van der Waals surface area contributed by atoms with Crippen molar-refractivity contribution in [3.8, 4) is 0 Å². The minimum atomic E-state index is -4.96. The van der Waals surface area contributed by atoms with Crippen LogP contribution >= 0.6 is 15.6 Å². The van der Waals surface area contributed by atoms with Crippen LogP contribution in [0, 0.1) is 23.7 Å². The Bertz CT molecular complexity index is 1890. The van der Waals surface area contributed by atoms with E-state index in [1.165, 1.54) is 180 Å². The summed E-state index contributed by atoms with van der Waals surface area (Å²) >= 11 is 0. The molecule has 0 radical (unpaired) electrons. The predicted octanol–water partition coefficient (Wildman–Crippen LogP) is 22.4. The van der Waals surface area contributed by atoms with E-state index in [4.69, 9.17) is 37.0 Å². The van der Waals surface area contributed by atoms with Crippen LogP contribution in [0.25, 0.3) is 0 Å². The maximum absolute atomic E-state index is 13.1. The van der Waals surface area contributed by atoms with Gasteiger partial charge >= 0.3 is 39.5 Å². The maximum Gasteiger partial charge on any atom is 0.472 e. The number of unbranched alkanes of at least 4 members (excludes halogenated alkanes) is 37. The Morgan fingerprint density at radius 2 is 0.500 bits per heavy atom. The fraction of sp³-hybridized carbons (Fsp3) is 0.948. The summed E-state index contributed by atoms with van der Waals surface area (Å²) in [5.41, 5.74) is 0. The van der Waals surface area contributed by atoms with Crippen molar-refractivity contribution in [2.24, 2.45) is 23.7 Å². The van der Waals surface area contributed by atoms with E-state index in [9.17, 15) is 43.2 Å². The number of carbonyl (C=O) groups excluding carboxylic acids is 4. The summed E-state index contributed by atoms with van der Waals surface area (Å²) in [6, 6.07) is 0. The van der Waals surface area contributed by atoms with Crippen LogP contribution in [-0.2, 0) is 65.4 Å². The molecule has 19 heteroatoms. The second-order valence-electron chi connectivity index (χ2n) is 28.9. The third kappa shape index (κ3) is 66.6. The number of phosphoric acid groups is 2. The van der Waals surface area contributed by atoms with Gasteiger partial charge in [-0.1, -0.05) is 338 Å². The smallest absolute Gasteiger partial charge is 0.462 e. The zero-order valence-electron chi connectivity index (χ0n) is 63.0. The molecule has 0 aromatic carbocycles. The molecule has 0 aliphatic heterocycles. The summed E-state index contributed by atoms with van der Waals surface area (Å²) in [6.07, 6.45) is 51.5. The largest absolute Gasteiger partial charge is 0.472 e. The van der Waals surface area contributed by atoms with Gasteiger partial charge in [0.2, 0.25) is 0 Å². The van der Waals surface area contributed by atoms with Crippen LogP contribution in [0.5, 0.6) is 0 Å². The summed E-state index contributed by atoms with van der Waals surface area (Å²) in [4.78, 5) is 72.8. The molecule has 3 N–H and O–H groups in total. The number of esters is 4. The van der Waals surface area contributed by atoms with Gasteiger partial charge in [-0.3, -0.25) is 37.3 Å². The third-order valence-electron chi connectivity index (χ3n) is 18.9. The molecule has 8 atom stereocenters. The Morgan fingerprint density at radius 3 is 0.740 bits per heavy atom. The maximum atomic E-state index is 13.1. The van der Waals surface area contributed by atoms with Gasteiger partial charge in [-0.05, 0) is 49.4 Å². The standard InChI is InChI=1S/C77H150O17P2/c1-9-68(6)54-46-38-30-24-20-18-16-14-12-13-15-17-19-21-26-32-43-51-59-76(81)94-73(64-88-75(80)58-50-42-36-35-40-48-56-70(8)11-3)66-92-96(85,86)90-62-71(78)61-89-95(83,84)91-65-72(63-87-74(79)57-49-41-34-28-29-37-45-53-67(4)5)93-77(82)60-52-44-33-27-23-22-25-31-39-47-55-69(7)10-2/h67-73,78H,9-66H2,1-8H3,(H,83,84)(H,85,86)/t68?,69?,70?,71?,72-,73-/m1/s1. The van der Waals surface area contributed by atoms with Crippen LogP contribution in [0.4, 0.5) is 0 Å². The van der Waals surface area contributed by atoms with Crippen LogP contribution in [0.1, 0.15) is 389 Å². The first-order valence-corrected chi connectivity index (χ1v) is 42.8. The second kappa shape index (κ2) is 66.3. The van der Waals surface area contributed by atoms with E-state index in [1.807, 2.05) is 0 Å². The van der Waals surface area contributed by atoms with Crippen LogP contribution in [0.15, 0.2) is 0 Å². The molecule has 0 heterocycles. The molecule has 0 aliphatic rings. The Balaban J connectivity index is 5.18. The van der Waals surface area contributed by atoms with Gasteiger partial charge in [-0.15, -0.1) is 0 Å². The number of carbonyl (C=O) groups is 4. The molecule has 0 amide bonds. The molecule has 0 aromatic rings. The Kier molecular flexibility index (Phi) is 65.0. The normalized spacial score (nSPS) is 15.0. The fourth-order valence-corrected chi connectivity index (χ4v) is 13.2. The van der Waals surface area contributed by atoms with Crippen LogP contribution in [0.2, 0.25) is 0 Å². The molecule has 0 rings (SSSR count). The van der Waals surface area contributed by atoms with E-state index in [2.05, 4.69) is 55.4 Å². The lowest BCUT2D eigenvalue weighted by atomic mass is 9.99. The number of hydrogen-bond donors (Lipinski definition) is 3. The highest BCUT2D eigenvalue weighted by Crippen LogP contribution is 2.45. The summed E-state index contributed by atoms with van der Waals surface area (Å²) < 4.78 is 68.5. The first-order chi connectivity index (χ1) is 46.2. The van der Waals surface area contributed by atoms with Gasteiger partial charge in [0.05, 0.1) is 26.4 Å². The van der Waals surface area contributed by atoms with Gasteiger partial charge in [-0.2, -0.15) is 0 Å². The van der Waals surface area contributed by atoms with E-state index in [-0.39, 0.29) is 25.7 Å². The zero-order valence-corrected chi connectivity index (χ0v) is 64.8. The van der Waals surface area contributed by atoms with Crippen molar-refractivity contribution in [1.29, 1.82) is 0 Å². The van der Waals surface area contributed by atoms with E-state index in [0.717, 1.165) is 120 Å². The minimum absolute atomic E-state index is 0.105. The molecule has 0 saturated heterocycles. The number of hydrogen-bond acceptors (Lipinski definition) is 15. The zero-order chi connectivity index (χ0) is 71.0.